The normalized spacial score (nSPS) is 10.8. The Kier molecular flexibility index (Phi) is 4.37. The van der Waals surface area contributed by atoms with Crippen LogP contribution in [-0.2, 0) is 9.84 Å². The molecule has 0 spiro atoms. The van der Waals surface area contributed by atoms with E-state index < -0.39 is 15.1 Å². The van der Waals surface area contributed by atoms with Gasteiger partial charge in [0.2, 0.25) is 0 Å². The van der Waals surface area contributed by atoms with E-state index in [0.29, 0.717) is 0 Å². The van der Waals surface area contributed by atoms with Crippen LogP contribution in [0.25, 0.3) is 0 Å². The maximum Gasteiger partial charge on any atom is 0.183 e. The quantitative estimate of drug-likeness (QED) is 0.763. The second-order valence-electron chi connectivity index (χ2n) is 3.80. The van der Waals surface area contributed by atoms with Crippen LogP contribution in [0.15, 0.2) is 29.2 Å². The Bertz CT molecular complexity index is 538. The lowest BCUT2D eigenvalue weighted by atomic mass is 10.2. The van der Waals surface area contributed by atoms with Crippen molar-refractivity contribution < 1.29 is 8.42 Å². The van der Waals surface area contributed by atoms with Crippen LogP contribution >= 0.6 is 0 Å². The van der Waals surface area contributed by atoms with Crippen LogP contribution in [0.2, 0.25) is 0 Å². The van der Waals surface area contributed by atoms with E-state index in [1.54, 1.807) is 24.3 Å². The Hall–Kier alpha value is -1.71. The highest BCUT2D eigenvalue weighted by Crippen LogP contribution is 2.20. The highest BCUT2D eigenvalue weighted by molar-refractivity contribution is 7.92. The number of terminal acetylenes is 2. The van der Waals surface area contributed by atoms with E-state index in [1.165, 1.54) is 0 Å². The van der Waals surface area contributed by atoms with E-state index in [2.05, 4.69) is 11.8 Å². The smallest absolute Gasteiger partial charge is 0.183 e. The van der Waals surface area contributed by atoms with Crippen LogP contribution in [0.1, 0.15) is 18.4 Å². The molecule has 1 aromatic carbocycles. The monoisotopic (exact) mass is 246 g/mol. The summed E-state index contributed by atoms with van der Waals surface area (Å²) in [4.78, 5) is 0.276. The van der Waals surface area contributed by atoms with Crippen LogP contribution < -0.4 is 0 Å². The molecule has 0 saturated carbocycles. The fourth-order valence-corrected chi connectivity index (χ4v) is 3.01. The summed E-state index contributed by atoms with van der Waals surface area (Å²) in [5, 5.41) is -0.694. The van der Waals surface area contributed by atoms with Gasteiger partial charge < -0.3 is 0 Å². The van der Waals surface area contributed by atoms with Gasteiger partial charge in [-0.3, -0.25) is 0 Å². The first-order valence-corrected chi connectivity index (χ1v) is 6.74. The van der Waals surface area contributed by atoms with E-state index in [9.17, 15) is 8.42 Å². The number of aryl methyl sites for hydroxylation is 1. The minimum absolute atomic E-state index is 0.139. The molecular formula is C14H14O2S. The molecule has 0 unspecified atom stereocenters. The molecule has 0 atom stereocenters. The van der Waals surface area contributed by atoms with Crippen LogP contribution in [-0.4, -0.2) is 13.7 Å². The van der Waals surface area contributed by atoms with Crippen molar-refractivity contribution in [3.05, 3.63) is 29.8 Å². The van der Waals surface area contributed by atoms with E-state index >= 15 is 0 Å². The Morgan fingerprint density at radius 2 is 1.59 bits per heavy atom. The molecular weight excluding hydrogens is 232 g/mol. The lowest BCUT2D eigenvalue weighted by Crippen LogP contribution is -2.20. The minimum atomic E-state index is -3.43. The first-order valence-electron chi connectivity index (χ1n) is 5.20. The number of sulfone groups is 1. The molecule has 3 heteroatoms. The molecule has 0 aliphatic carbocycles. The van der Waals surface area contributed by atoms with Crippen LogP contribution in [0.4, 0.5) is 0 Å². The van der Waals surface area contributed by atoms with Crippen molar-refractivity contribution in [3.8, 4) is 24.7 Å². The summed E-state index contributed by atoms with van der Waals surface area (Å²) < 4.78 is 24.5. The molecule has 0 N–H and O–H groups in total. The minimum Gasteiger partial charge on any atom is -0.223 e. The fourth-order valence-electron chi connectivity index (χ4n) is 1.47. The number of rotatable bonds is 4. The molecule has 0 heterocycles. The predicted molar refractivity (Wildman–Crippen MR) is 69.1 cm³/mol. The summed E-state index contributed by atoms with van der Waals surface area (Å²) in [6.07, 6.45) is 10.6. The molecule has 1 aromatic rings. The van der Waals surface area contributed by atoms with Gasteiger partial charge in [-0.15, -0.1) is 24.7 Å². The molecule has 1 rings (SSSR count). The van der Waals surface area contributed by atoms with Gasteiger partial charge in [0.15, 0.2) is 9.84 Å². The van der Waals surface area contributed by atoms with Crippen molar-refractivity contribution in [1.82, 2.24) is 0 Å². The first kappa shape index (κ1) is 13.4. The zero-order valence-corrected chi connectivity index (χ0v) is 10.5. The van der Waals surface area contributed by atoms with E-state index in [-0.39, 0.29) is 17.7 Å². The largest absolute Gasteiger partial charge is 0.223 e. The van der Waals surface area contributed by atoms with E-state index in [0.717, 1.165) is 5.56 Å². The Labute approximate surface area is 103 Å². The molecule has 0 saturated heterocycles. The number of hydrogen-bond donors (Lipinski definition) is 0. The van der Waals surface area contributed by atoms with Crippen LogP contribution in [0, 0.1) is 31.6 Å². The SMILES string of the molecule is C#CCC(CC#C)S(=O)(=O)c1ccc(C)cc1. The topological polar surface area (TPSA) is 34.1 Å². The van der Waals surface area contributed by atoms with E-state index in [1.807, 2.05) is 6.92 Å². The number of hydrogen-bond acceptors (Lipinski definition) is 2. The highest BCUT2D eigenvalue weighted by Gasteiger charge is 2.25. The second kappa shape index (κ2) is 5.57. The van der Waals surface area contributed by atoms with Gasteiger partial charge in [-0.2, -0.15) is 0 Å². The average Bonchev–Trinajstić information content (AvgIpc) is 2.29. The van der Waals surface area contributed by atoms with Crippen molar-refractivity contribution in [3.63, 3.8) is 0 Å². The van der Waals surface area contributed by atoms with Crippen molar-refractivity contribution in [2.75, 3.05) is 0 Å². The predicted octanol–water partition coefficient (Wildman–Crippen LogP) is 2.18. The summed E-state index contributed by atoms with van der Waals surface area (Å²) >= 11 is 0. The fraction of sp³-hybridized carbons (Fsp3) is 0.286. The van der Waals surface area contributed by atoms with Gasteiger partial charge in [0.05, 0.1) is 10.1 Å². The molecule has 0 aliphatic rings. The van der Waals surface area contributed by atoms with Crippen molar-refractivity contribution in [2.45, 2.75) is 29.9 Å². The van der Waals surface area contributed by atoms with Gasteiger partial charge in [-0.1, -0.05) is 17.7 Å². The molecule has 2 nitrogen and oxygen atoms in total. The summed E-state index contributed by atoms with van der Waals surface area (Å²) in [5.41, 5.74) is 1.01. The standard InChI is InChI=1S/C14H14O2S/c1-4-6-13(7-5-2)17(15,16)14-10-8-12(3)9-11-14/h1-2,8-11,13H,6-7H2,3H3. The van der Waals surface area contributed by atoms with Crippen molar-refractivity contribution in [1.29, 1.82) is 0 Å². The molecule has 0 aromatic heterocycles. The average molecular weight is 246 g/mol. The third-order valence-electron chi connectivity index (χ3n) is 2.48. The summed E-state index contributed by atoms with van der Waals surface area (Å²) in [5.74, 6) is 4.73. The molecule has 0 bridgehead atoms. The van der Waals surface area contributed by atoms with E-state index in [4.69, 9.17) is 12.8 Å². The first-order chi connectivity index (χ1) is 8.02. The van der Waals surface area contributed by atoms with Crippen LogP contribution in [0.3, 0.4) is 0 Å². The lowest BCUT2D eigenvalue weighted by Gasteiger charge is -2.12. The van der Waals surface area contributed by atoms with Crippen molar-refractivity contribution in [2.24, 2.45) is 0 Å². The number of benzene rings is 1. The van der Waals surface area contributed by atoms with Gasteiger partial charge in [0, 0.05) is 12.8 Å². The van der Waals surface area contributed by atoms with Gasteiger partial charge in [0.25, 0.3) is 0 Å². The molecule has 0 radical (unpaired) electrons. The van der Waals surface area contributed by atoms with Gasteiger partial charge in [-0.05, 0) is 19.1 Å². The molecule has 88 valence electrons. The second-order valence-corrected chi connectivity index (χ2v) is 6.02. The van der Waals surface area contributed by atoms with Gasteiger partial charge >= 0.3 is 0 Å². The van der Waals surface area contributed by atoms with Gasteiger partial charge in [-0.25, -0.2) is 8.42 Å². The Balaban J connectivity index is 3.13. The Morgan fingerprint density at radius 1 is 1.12 bits per heavy atom. The molecule has 0 amide bonds. The molecule has 0 fully saturated rings. The molecule has 0 aliphatic heterocycles. The third-order valence-corrected chi connectivity index (χ3v) is 4.62. The van der Waals surface area contributed by atoms with Gasteiger partial charge in [0.1, 0.15) is 0 Å². The zero-order valence-electron chi connectivity index (χ0n) is 9.68. The summed E-state index contributed by atoms with van der Waals surface area (Å²) in [6, 6.07) is 6.70. The maximum atomic E-state index is 12.2. The van der Waals surface area contributed by atoms with Crippen molar-refractivity contribution >= 4 is 9.84 Å². The Morgan fingerprint density at radius 3 is 2.00 bits per heavy atom. The van der Waals surface area contributed by atoms with Crippen LogP contribution in [0.5, 0.6) is 0 Å². The maximum absolute atomic E-state index is 12.2. The third kappa shape index (κ3) is 3.12. The lowest BCUT2D eigenvalue weighted by molar-refractivity contribution is 0.580. The highest BCUT2D eigenvalue weighted by atomic mass is 32.2. The summed E-state index contributed by atoms with van der Waals surface area (Å²) in [6.45, 7) is 1.90. The zero-order chi connectivity index (χ0) is 12.9. The molecule has 17 heavy (non-hydrogen) atoms. The summed E-state index contributed by atoms with van der Waals surface area (Å²) in [7, 11) is -3.43.